The van der Waals surface area contributed by atoms with Gasteiger partial charge in [-0.25, -0.2) is 5.43 Å². The van der Waals surface area contributed by atoms with Crippen molar-refractivity contribution < 1.29 is 4.79 Å². The van der Waals surface area contributed by atoms with E-state index < -0.39 is 0 Å². The first-order valence-electron chi connectivity index (χ1n) is 6.86. The van der Waals surface area contributed by atoms with Gasteiger partial charge >= 0.3 is 0 Å². The molecule has 0 aliphatic heterocycles. The highest BCUT2D eigenvalue weighted by atomic mass is 127. The van der Waals surface area contributed by atoms with Gasteiger partial charge in [-0.1, -0.05) is 42.5 Å². The van der Waals surface area contributed by atoms with Crippen molar-refractivity contribution >= 4 is 46.0 Å². The van der Waals surface area contributed by atoms with Crippen LogP contribution in [0.5, 0.6) is 0 Å². The van der Waals surface area contributed by atoms with Crippen LogP contribution < -0.4 is 5.43 Å². The number of benzene rings is 2. The molecule has 2 aromatic rings. The average Bonchev–Trinajstić information content (AvgIpc) is 2.53. The van der Waals surface area contributed by atoms with E-state index in [1.54, 1.807) is 11.8 Å². The summed E-state index contributed by atoms with van der Waals surface area (Å²) in [7, 11) is 0. The Hall–Kier alpha value is -1.34. The van der Waals surface area contributed by atoms with Gasteiger partial charge in [0.2, 0.25) is 5.91 Å². The Morgan fingerprint density at radius 1 is 1.18 bits per heavy atom. The van der Waals surface area contributed by atoms with Crippen LogP contribution >= 0.6 is 34.4 Å². The van der Waals surface area contributed by atoms with Gasteiger partial charge in [0.15, 0.2) is 0 Å². The molecular formula is C17H17IN2OS. The van der Waals surface area contributed by atoms with E-state index in [1.165, 1.54) is 5.56 Å². The molecule has 5 heteroatoms. The van der Waals surface area contributed by atoms with E-state index in [1.807, 2.05) is 49.4 Å². The average molecular weight is 424 g/mol. The zero-order valence-electron chi connectivity index (χ0n) is 12.3. The number of nitrogens with zero attached hydrogens (tertiary/aromatic N) is 1. The molecule has 0 aliphatic carbocycles. The maximum absolute atomic E-state index is 11.8. The molecule has 2 aromatic carbocycles. The Morgan fingerprint density at radius 3 is 2.68 bits per heavy atom. The molecule has 0 aliphatic rings. The van der Waals surface area contributed by atoms with Crippen molar-refractivity contribution in [1.29, 1.82) is 0 Å². The lowest BCUT2D eigenvalue weighted by Gasteiger charge is -2.04. The third-order valence-corrected chi connectivity index (χ3v) is 4.61. The van der Waals surface area contributed by atoms with Gasteiger partial charge < -0.3 is 0 Å². The van der Waals surface area contributed by atoms with Crippen LogP contribution in [0.4, 0.5) is 0 Å². The van der Waals surface area contributed by atoms with Crippen LogP contribution in [0.3, 0.4) is 0 Å². The summed E-state index contributed by atoms with van der Waals surface area (Å²) in [6, 6.07) is 18.1. The Bertz CT molecular complexity index is 659. The Labute approximate surface area is 148 Å². The molecule has 0 spiro atoms. The van der Waals surface area contributed by atoms with Crippen LogP contribution in [-0.2, 0) is 10.5 Å². The third kappa shape index (κ3) is 5.81. The summed E-state index contributed by atoms with van der Waals surface area (Å²) in [5.74, 6) is 1.15. The number of hydrazone groups is 1. The van der Waals surface area contributed by atoms with Crippen LogP contribution in [0.25, 0.3) is 0 Å². The first-order chi connectivity index (χ1) is 10.6. The number of carbonyl (C=O) groups excluding carboxylic acids is 1. The second kappa shape index (κ2) is 8.95. The molecule has 1 N–H and O–H groups in total. The lowest BCUT2D eigenvalue weighted by molar-refractivity contribution is -0.118. The number of halogens is 1. The Kier molecular flexibility index (Phi) is 6.92. The minimum atomic E-state index is -0.0779. The van der Waals surface area contributed by atoms with E-state index in [-0.39, 0.29) is 5.91 Å². The standard InChI is InChI=1S/C17H17IN2OS/c1-13(15-8-5-9-16(18)10-15)19-20-17(21)12-22-11-14-6-3-2-4-7-14/h2-10H,11-12H2,1H3,(H,20,21)/b19-13-. The maximum Gasteiger partial charge on any atom is 0.250 e. The number of hydrogen-bond donors (Lipinski definition) is 1. The fraction of sp³-hybridized carbons (Fsp3) is 0.176. The quantitative estimate of drug-likeness (QED) is 0.432. The lowest BCUT2D eigenvalue weighted by atomic mass is 10.1. The van der Waals surface area contributed by atoms with Crippen LogP contribution in [0.2, 0.25) is 0 Å². The van der Waals surface area contributed by atoms with E-state index in [0.717, 1.165) is 20.6 Å². The van der Waals surface area contributed by atoms with Gasteiger partial charge in [-0.15, -0.1) is 11.8 Å². The smallest absolute Gasteiger partial charge is 0.250 e. The minimum absolute atomic E-state index is 0.0779. The highest BCUT2D eigenvalue weighted by Crippen LogP contribution is 2.11. The van der Waals surface area contributed by atoms with Crippen molar-refractivity contribution in [3.8, 4) is 0 Å². The van der Waals surface area contributed by atoms with E-state index in [2.05, 4.69) is 45.3 Å². The van der Waals surface area contributed by atoms with Gasteiger partial charge in [0.1, 0.15) is 0 Å². The number of thioether (sulfide) groups is 1. The topological polar surface area (TPSA) is 41.5 Å². The zero-order chi connectivity index (χ0) is 15.8. The van der Waals surface area contributed by atoms with Crippen molar-refractivity contribution in [2.75, 3.05) is 5.75 Å². The summed E-state index contributed by atoms with van der Waals surface area (Å²) < 4.78 is 1.15. The van der Waals surface area contributed by atoms with E-state index in [0.29, 0.717) is 5.75 Å². The summed E-state index contributed by atoms with van der Waals surface area (Å²) in [6.07, 6.45) is 0. The molecule has 0 bridgehead atoms. The molecule has 0 fully saturated rings. The third-order valence-electron chi connectivity index (χ3n) is 2.94. The maximum atomic E-state index is 11.8. The fourth-order valence-electron chi connectivity index (χ4n) is 1.79. The normalized spacial score (nSPS) is 11.3. The first kappa shape index (κ1) is 17.0. The predicted molar refractivity (Wildman–Crippen MR) is 102 cm³/mol. The lowest BCUT2D eigenvalue weighted by Crippen LogP contribution is -2.21. The summed E-state index contributed by atoms with van der Waals surface area (Å²) in [5.41, 5.74) is 5.66. The van der Waals surface area contributed by atoms with Crippen LogP contribution in [0.1, 0.15) is 18.1 Å². The predicted octanol–water partition coefficient (Wildman–Crippen LogP) is 4.06. The molecule has 2 rings (SSSR count). The van der Waals surface area contributed by atoms with Crippen molar-refractivity contribution in [2.24, 2.45) is 5.10 Å². The van der Waals surface area contributed by atoms with Crippen molar-refractivity contribution in [3.63, 3.8) is 0 Å². The van der Waals surface area contributed by atoms with Gasteiger partial charge in [0, 0.05) is 9.32 Å². The summed E-state index contributed by atoms with van der Waals surface area (Å²) in [4.78, 5) is 11.8. The molecule has 114 valence electrons. The molecule has 0 atom stereocenters. The van der Waals surface area contributed by atoms with Crippen molar-refractivity contribution in [3.05, 3.63) is 69.3 Å². The van der Waals surface area contributed by atoms with E-state index >= 15 is 0 Å². The van der Waals surface area contributed by atoms with Crippen LogP contribution in [0.15, 0.2) is 59.7 Å². The minimum Gasteiger partial charge on any atom is -0.272 e. The largest absolute Gasteiger partial charge is 0.272 e. The number of hydrogen-bond acceptors (Lipinski definition) is 3. The van der Waals surface area contributed by atoms with Gasteiger partial charge in [-0.3, -0.25) is 4.79 Å². The van der Waals surface area contributed by atoms with Crippen LogP contribution in [0, 0.1) is 3.57 Å². The van der Waals surface area contributed by atoms with Gasteiger partial charge in [-0.2, -0.15) is 5.10 Å². The van der Waals surface area contributed by atoms with E-state index in [9.17, 15) is 4.79 Å². The number of nitrogens with one attached hydrogen (secondary N) is 1. The van der Waals surface area contributed by atoms with Gasteiger partial charge in [0.05, 0.1) is 11.5 Å². The van der Waals surface area contributed by atoms with Gasteiger partial charge in [-0.05, 0) is 52.8 Å². The SMILES string of the molecule is C/C(=N/NC(=O)CSCc1ccccc1)c1cccc(I)c1. The van der Waals surface area contributed by atoms with Crippen molar-refractivity contribution in [1.82, 2.24) is 5.43 Å². The number of rotatable bonds is 6. The monoisotopic (exact) mass is 424 g/mol. The number of carbonyl (C=O) groups is 1. The van der Waals surface area contributed by atoms with Crippen molar-refractivity contribution in [2.45, 2.75) is 12.7 Å². The second-order valence-corrected chi connectivity index (χ2v) is 6.95. The number of amides is 1. The molecule has 0 heterocycles. The molecule has 0 saturated carbocycles. The highest BCUT2D eigenvalue weighted by molar-refractivity contribution is 14.1. The Morgan fingerprint density at radius 2 is 1.95 bits per heavy atom. The van der Waals surface area contributed by atoms with Crippen LogP contribution in [-0.4, -0.2) is 17.4 Å². The van der Waals surface area contributed by atoms with E-state index in [4.69, 9.17) is 0 Å². The summed E-state index contributed by atoms with van der Waals surface area (Å²) in [5, 5.41) is 4.16. The molecule has 1 amide bonds. The molecule has 0 unspecified atom stereocenters. The second-order valence-electron chi connectivity index (χ2n) is 4.72. The highest BCUT2D eigenvalue weighted by Gasteiger charge is 2.02. The summed E-state index contributed by atoms with van der Waals surface area (Å²) in [6.45, 7) is 1.89. The molecule has 3 nitrogen and oxygen atoms in total. The fourth-order valence-corrected chi connectivity index (χ4v) is 3.12. The molecule has 0 aromatic heterocycles. The summed E-state index contributed by atoms with van der Waals surface area (Å²) >= 11 is 3.84. The molecular weight excluding hydrogens is 407 g/mol. The first-order valence-corrected chi connectivity index (χ1v) is 9.09. The zero-order valence-corrected chi connectivity index (χ0v) is 15.2. The molecule has 0 saturated heterocycles. The molecule has 0 radical (unpaired) electrons. The Balaban J connectivity index is 1.78. The molecule has 22 heavy (non-hydrogen) atoms. The van der Waals surface area contributed by atoms with Gasteiger partial charge in [0.25, 0.3) is 0 Å².